The number of hydrogen-bond donors (Lipinski definition) is 2. The Morgan fingerprint density at radius 3 is 2.10 bits per heavy atom. The van der Waals surface area contributed by atoms with Crippen LogP contribution in [0.15, 0.2) is 6.07 Å². The van der Waals surface area contributed by atoms with Gasteiger partial charge in [-0.1, -0.05) is 20.8 Å². The SMILES string of the molecule is CCCNc1cc(NC(C)(CC)CC)nc(C(F)(F)F)n1. The highest BCUT2D eigenvalue weighted by molar-refractivity contribution is 5.49. The molecule has 4 nitrogen and oxygen atoms in total. The zero-order chi connectivity index (χ0) is 16.1. The Balaban J connectivity index is 3.12. The Morgan fingerprint density at radius 1 is 1.05 bits per heavy atom. The minimum Gasteiger partial charge on any atom is -0.370 e. The van der Waals surface area contributed by atoms with Gasteiger partial charge in [0.05, 0.1) is 0 Å². The molecule has 0 unspecified atom stereocenters. The van der Waals surface area contributed by atoms with Crippen LogP contribution >= 0.6 is 0 Å². The van der Waals surface area contributed by atoms with Crippen molar-refractivity contribution in [1.82, 2.24) is 9.97 Å². The Kier molecular flexibility index (Phi) is 5.80. The second-order valence-corrected chi connectivity index (χ2v) is 5.28. The zero-order valence-electron chi connectivity index (χ0n) is 12.9. The number of alkyl halides is 3. The summed E-state index contributed by atoms with van der Waals surface area (Å²) in [4.78, 5) is 7.14. The summed E-state index contributed by atoms with van der Waals surface area (Å²) < 4.78 is 38.7. The van der Waals surface area contributed by atoms with Gasteiger partial charge in [-0.2, -0.15) is 13.2 Å². The van der Waals surface area contributed by atoms with E-state index in [0.717, 1.165) is 19.3 Å². The van der Waals surface area contributed by atoms with Crippen LogP contribution in [0.5, 0.6) is 0 Å². The lowest BCUT2D eigenvalue weighted by Gasteiger charge is -2.29. The van der Waals surface area contributed by atoms with E-state index >= 15 is 0 Å². The van der Waals surface area contributed by atoms with Gasteiger partial charge in [0.2, 0.25) is 5.82 Å². The molecule has 0 aromatic carbocycles. The summed E-state index contributed by atoms with van der Waals surface area (Å²) in [7, 11) is 0. The molecule has 1 aromatic rings. The maximum absolute atomic E-state index is 12.9. The van der Waals surface area contributed by atoms with Crippen molar-refractivity contribution in [1.29, 1.82) is 0 Å². The van der Waals surface area contributed by atoms with Crippen LogP contribution in [0.4, 0.5) is 24.8 Å². The van der Waals surface area contributed by atoms with Gasteiger partial charge in [0.15, 0.2) is 0 Å². The largest absolute Gasteiger partial charge is 0.451 e. The Morgan fingerprint density at radius 2 is 1.62 bits per heavy atom. The summed E-state index contributed by atoms with van der Waals surface area (Å²) in [6.07, 6.45) is -2.19. The molecule has 0 aliphatic carbocycles. The van der Waals surface area contributed by atoms with Gasteiger partial charge in [0, 0.05) is 18.2 Å². The quantitative estimate of drug-likeness (QED) is 0.788. The third-order valence-corrected chi connectivity index (χ3v) is 3.53. The Bertz CT molecular complexity index is 456. The predicted molar refractivity (Wildman–Crippen MR) is 78.4 cm³/mol. The monoisotopic (exact) mass is 304 g/mol. The first-order valence-corrected chi connectivity index (χ1v) is 7.22. The van der Waals surface area contributed by atoms with Gasteiger partial charge >= 0.3 is 6.18 Å². The molecule has 2 N–H and O–H groups in total. The van der Waals surface area contributed by atoms with Crippen LogP contribution in [0.1, 0.15) is 52.8 Å². The van der Waals surface area contributed by atoms with Gasteiger partial charge in [-0.05, 0) is 26.2 Å². The molecule has 0 radical (unpaired) electrons. The topological polar surface area (TPSA) is 49.8 Å². The summed E-state index contributed by atoms with van der Waals surface area (Å²) in [5.74, 6) is -0.737. The Labute approximate surface area is 123 Å². The van der Waals surface area contributed by atoms with Crippen molar-refractivity contribution in [3.05, 3.63) is 11.9 Å². The highest BCUT2D eigenvalue weighted by Gasteiger charge is 2.36. The normalized spacial score (nSPS) is 12.3. The summed E-state index contributed by atoms with van der Waals surface area (Å²) in [6, 6.07) is 1.52. The van der Waals surface area contributed by atoms with E-state index in [2.05, 4.69) is 20.6 Å². The molecular weight excluding hydrogens is 281 g/mol. The minimum atomic E-state index is -4.56. The molecule has 0 amide bonds. The summed E-state index contributed by atoms with van der Waals surface area (Å²) in [6.45, 7) is 8.43. The molecule has 0 bridgehead atoms. The lowest BCUT2D eigenvalue weighted by Crippen LogP contribution is -2.33. The number of halogens is 3. The smallest absolute Gasteiger partial charge is 0.370 e. The molecule has 0 spiro atoms. The molecule has 120 valence electrons. The van der Waals surface area contributed by atoms with E-state index in [1.807, 2.05) is 27.7 Å². The number of rotatable bonds is 7. The van der Waals surface area contributed by atoms with Gasteiger partial charge in [-0.25, -0.2) is 9.97 Å². The molecule has 1 heterocycles. The highest BCUT2D eigenvalue weighted by atomic mass is 19.4. The molecule has 0 aliphatic rings. The van der Waals surface area contributed by atoms with Gasteiger partial charge in [-0.3, -0.25) is 0 Å². The summed E-state index contributed by atoms with van der Waals surface area (Å²) >= 11 is 0. The van der Waals surface area contributed by atoms with Crippen LogP contribution in [0, 0.1) is 0 Å². The van der Waals surface area contributed by atoms with Crippen molar-refractivity contribution in [2.45, 2.75) is 58.7 Å². The fraction of sp³-hybridized carbons (Fsp3) is 0.714. The minimum absolute atomic E-state index is 0.191. The second-order valence-electron chi connectivity index (χ2n) is 5.28. The Hall–Kier alpha value is -1.53. The molecule has 21 heavy (non-hydrogen) atoms. The maximum atomic E-state index is 12.9. The van der Waals surface area contributed by atoms with Crippen LogP contribution in [-0.2, 0) is 6.18 Å². The van der Waals surface area contributed by atoms with Gasteiger partial charge < -0.3 is 10.6 Å². The molecule has 0 fully saturated rings. The number of anilines is 2. The van der Waals surface area contributed by atoms with Crippen molar-refractivity contribution >= 4 is 11.6 Å². The van der Waals surface area contributed by atoms with E-state index < -0.39 is 12.0 Å². The maximum Gasteiger partial charge on any atom is 0.451 e. The zero-order valence-corrected chi connectivity index (χ0v) is 12.9. The second kappa shape index (κ2) is 6.95. The predicted octanol–water partition coefficient (Wildman–Crippen LogP) is 4.31. The molecule has 0 aliphatic heterocycles. The van der Waals surface area contributed by atoms with Crippen LogP contribution in [0.2, 0.25) is 0 Å². The van der Waals surface area contributed by atoms with Gasteiger partial charge in [0.1, 0.15) is 11.6 Å². The molecule has 1 aromatic heterocycles. The fourth-order valence-electron chi connectivity index (χ4n) is 1.72. The molecule has 1 rings (SSSR count). The van der Waals surface area contributed by atoms with Crippen LogP contribution in [-0.4, -0.2) is 22.1 Å². The van der Waals surface area contributed by atoms with E-state index in [0.29, 0.717) is 6.54 Å². The van der Waals surface area contributed by atoms with Crippen molar-refractivity contribution in [2.75, 3.05) is 17.2 Å². The van der Waals surface area contributed by atoms with E-state index in [-0.39, 0.29) is 17.2 Å². The van der Waals surface area contributed by atoms with E-state index in [1.165, 1.54) is 6.07 Å². The van der Waals surface area contributed by atoms with Crippen molar-refractivity contribution in [3.8, 4) is 0 Å². The van der Waals surface area contributed by atoms with E-state index in [4.69, 9.17) is 0 Å². The highest BCUT2D eigenvalue weighted by Crippen LogP contribution is 2.29. The van der Waals surface area contributed by atoms with E-state index in [9.17, 15) is 13.2 Å². The average Bonchev–Trinajstić information content (AvgIpc) is 2.43. The van der Waals surface area contributed by atoms with Crippen LogP contribution in [0.3, 0.4) is 0 Å². The first-order valence-electron chi connectivity index (χ1n) is 7.22. The molecule has 7 heteroatoms. The van der Waals surface area contributed by atoms with Crippen LogP contribution < -0.4 is 10.6 Å². The lowest BCUT2D eigenvalue weighted by atomic mass is 9.96. The van der Waals surface area contributed by atoms with Crippen molar-refractivity contribution in [2.24, 2.45) is 0 Å². The first-order chi connectivity index (χ1) is 9.74. The number of nitrogens with zero attached hydrogens (tertiary/aromatic N) is 2. The number of nitrogens with one attached hydrogen (secondary N) is 2. The first kappa shape index (κ1) is 17.5. The molecule has 0 saturated carbocycles. The average molecular weight is 304 g/mol. The van der Waals surface area contributed by atoms with Crippen LogP contribution in [0.25, 0.3) is 0 Å². The van der Waals surface area contributed by atoms with E-state index in [1.54, 1.807) is 0 Å². The lowest BCUT2D eigenvalue weighted by molar-refractivity contribution is -0.144. The number of aromatic nitrogens is 2. The third kappa shape index (κ3) is 5.06. The molecule has 0 saturated heterocycles. The summed E-state index contributed by atoms with van der Waals surface area (Å²) in [5, 5.41) is 5.97. The molecular formula is C14H23F3N4. The fourth-order valence-corrected chi connectivity index (χ4v) is 1.72. The third-order valence-electron chi connectivity index (χ3n) is 3.53. The summed E-state index contributed by atoms with van der Waals surface area (Å²) in [5.41, 5.74) is -0.292. The van der Waals surface area contributed by atoms with Gasteiger partial charge in [0.25, 0.3) is 0 Å². The standard InChI is InChI=1S/C14H23F3N4/c1-5-8-18-10-9-11(21-13(4,6-2)7-3)20-12(19-10)14(15,16)17/h9H,5-8H2,1-4H3,(H2,18,19,20,21). The number of hydrogen-bond acceptors (Lipinski definition) is 4. The molecule has 0 atom stereocenters. The van der Waals surface area contributed by atoms with Crippen molar-refractivity contribution < 1.29 is 13.2 Å². The van der Waals surface area contributed by atoms with Crippen molar-refractivity contribution in [3.63, 3.8) is 0 Å². The van der Waals surface area contributed by atoms with Gasteiger partial charge in [-0.15, -0.1) is 0 Å².